The standard InChI is InChI=1S/C13H14ClFO2/c1-7-2-5-9(12(14)13(7)15)10(6-11(16)17)8-3-4-8/h2,5,8,10H,3-4,6H2,1H3,(H,16,17). The van der Waals surface area contributed by atoms with E-state index in [1.807, 2.05) is 0 Å². The highest BCUT2D eigenvalue weighted by atomic mass is 35.5. The zero-order valence-electron chi connectivity index (χ0n) is 9.54. The van der Waals surface area contributed by atoms with E-state index < -0.39 is 11.8 Å². The van der Waals surface area contributed by atoms with Crippen molar-refractivity contribution in [1.29, 1.82) is 0 Å². The molecule has 17 heavy (non-hydrogen) atoms. The molecule has 2 nitrogen and oxygen atoms in total. The van der Waals surface area contributed by atoms with Crippen molar-refractivity contribution < 1.29 is 14.3 Å². The highest BCUT2D eigenvalue weighted by Gasteiger charge is 2.35. The first-order valence-electron chi connectivity index (χ1n) is 5.67. The predicted octanol–water partition coefficient (Wildman–Crippen LogP) is 3.76. The number of hydrogen-bond donors (Lipinski definition) is 1. The Labute approximate surface area is 104 Å². The van der Waals surface area contributed by atoms with Crippen LogP contribution in [-0.2, 0) is 4.79 Å². The Balaban J connectivity index is 2.35. The van der Waals surface area contributed by atoms with Crippen molar-refractivity contribution in [1.82, 2.24) is 0 Å². The van der Waals surface area contributed by atoms with Gasteiger partial charge in [-0.3, -0.25) is 4.79 Å². The Morgan fingerprint density at radius 3 is 2.76 bits per heavy atom. The molecule has 1 N–H and O–H groups in total. The molecule has 1 aliphatic rings. The van der Waals surface area contributed by atoms with E-state index in [-0.39, 0.29) is 17.4 Å². The first-order chi connectivity index (χ1) is 8.00. The number of carboxylic acid groups (broad SMARTS) is 1. The van der Waals surface area contributed by atoms with Gasteiger partial charge in [0.1, 0.15) is 5.82 Å². The lowest BCUT2D eigenvalue weighted by Crippen LogP contribution is -2.09. The molecule has 1 aromatic carbocycles. The molecular weight excluding hydrogens is 243 g/mol. The van der Waals surface area contributed by atoms with Crippen molar-refractivity contribution in [3.8, 4) is 0 Å². The highest BCUT2D eigenvalue weighted by Crippen LogP contribution is 2.46. The van der Waals surface area contributed by atoms with E-state index in [0.29, 0.717) is 17.0 Å². The first kappa shape index (κ1) is 12.4. The first-order valence-corrected chi connectivity index (χ1v) is 6.04. The van der Waals surface area contributed by atoms with Crippen LogP contribution in [0.1, 0.15) is 36.3 Å². The lowest BCUT2D eigenvalue weighted by atomic mass is 9.90. The number of benzene rings is 1. The molecule has 1 atom stereocenters. The monoisotopic (exact) mass is 256 g/mol. The predicted molar refractivity (Wildman–Crippen MR) is 63.9 cm³/mol. The van der Waals surface area contributed by atoms with Crippen LogP contribution in [0.3, 0.4) is 0 Å². The van der Waals surface area contributed by atoms with Gasteiger partial charge in [0.2, 0.25) is 0 Å². The van der Waals surface area contributed by atoms with Gasteiger partial charge in [-0.1, -0.05) is 23.7 Å². The summed E-state index contributed by atoms with van der Waals surface area (Å²) < 4.78 is 13.7. The van der Waals surface area contributed by atoms with Gasteiger partial charge in [0.15, 0.2) is 0 Å². The van der Waals surface area contributed by atoms with Crippen molar-refractivity contribution in [3.05, 3.63) is 34.1 Å². The van der Waals surface area contributed by atoms with Crippen molar-refractivity contribution in [3.63, 3.8) is 0 Å². The lowest BCUT2D eigenvalue weighted by molar-refractivity contribution is -0.137. The van der Waals surface area contributed by atoms with Gasteiger partial charge < -0.3 is 5.11 Å². The maximum atomic E-state index is 13.7. The Morgan fingerprint density at radius 2 is 2.24 bits per heavy atom. The van der Waals surface area contributed by atoms with Crippen LogP contribution in [0, 0.1) is 18.7 Å². The summed E-state index contributed by atoms with van der Waals surface area (Å²) in [5.41, 5.74) is 1.13. The zero-order chi connectivity index (χ0) is 12.6. The Morgan fingerprint density at radius 1 is 1.59 bits per heavy atom. The maximum Gasteiger partial charge on any atom is 0.303 e. The van der Waals surface area contributed by atoms with Crippen LogP contribution in [0.15, 0.2) is 12.1 Å². The number of carbonyl (C=O) groups is 1. The molecule has 0 saturated heterocycles. The number of halogens is 2. The Bertz CT molecular complexity index is 455. The molecule has 1 saturated carbocycles. The fraction of sp³-hybridized carbons (Fsp3) is 0.462. The third-order valence-corrected chi connectivity index (χ3v) is 3.67. The van der Waals surface area contributed by atoms with Crippen LogP contribution in [0.2, 0.25) is 5.02 Å². The molecule has 1 aromatic rings. The average Bonchev–Trinajstić information content (AvgIpc) is 3.07. The fourth-order valence-electron chi connectivity index (χ4n) is 2.16. The van der Waals surface area contributed by atoms with Crippen LogP contribution in [0.5, 0.6) is 0 Å². The van der Waals surface area contributed by atoms with Crippen LogP contribution < -0.4 is 0 Å². The number of rotatable bonds is 4. The van der Waals surface area contributed by atoms with E-state index in [4.69, 9.17) is 16.7 Å². The summed E-state index contributed by atoms with van der Waals surface area (Å²) in [6, 6.07) is 3.42. The molecule has 1 aliphatic carbocycles. The van der Waals surface area contributed by atoms with E-state index >= 15 is 0 Å². The van der Waals surface area contributed by atoms with E-state index in [2.05, 4.69) is 0 Å². The van der Waals surface area contributed by atoms with Crippen LogP contribution in [0.4, 0.5) is 4.39 Å². The normalized spacial score (nSPS) is 16.9. The van der Waals surface area contributed by atoms with Gasteiger partial charge >= 0.3 is 5.97 Å². The van der Waals surface area contributed by atoms with Gasteiger partial charge in [-0.25, -0.2) is 4.39 Å². The topological polar surface area (TPSA) is 37.3 Å². The minimum Gasteiger partial charge on any atom is -0.481 e. The molecule has 0 aliphatic heterocycles. The van der Waals surface area contributed by atoms with Gasteiger partial charge in [0.05, 0.1) is 11.4 Å². The molecule has 0 radical (unpaired) electrons. The lowest BCUT2D eigenvalue weighted by Gasteiger charge is -2.17. The second kappa shape index (κ2) is 4.65. The van der Waals surface area contributed by atoms with Crippen molar-refractivity contribution >= 4 is 17.6 Å². The van der Waals surface area contributed by atoms with Crippen molar-refractivity contribution in [2.24, 2.45) is 5.92 Å². The highest BCUT2D eigenvalue weighted by molar-refractivity contribution is 6.31. The van der Waals surface area contributed by atoms with Gasteiger partial charge in [-0.15, -0.1) is 0 Å². The van der Waals surface area contributed by atoms with E-state index in [1.165, 1.54) is 0 Å². The smallest absolute Gasteiger partial charge is 0.303 e. The van der Waals surface area contributed by atoms with Crippen molar-refractivity contribution in [2.75, 3.05) is 0 Å². The fourth-order valence-corrected chi connectivity index (χ4v) is 2.52. The van der Waals surface area contributed by atoms with Crippen LogP contribution in [0.25, 0.3) is 0 Å². The molecule has 1 fully saturated rings. The molecule has 2 rings (SSSR count). The summed E-state index contributed by atoms with van der Waals surface area (Å²) in [6.07, 6.45) is 2.03. The van der Waals surface area contributed by atoms with Gasteiger partial charge in [0, 0.05) is 0 Å². The minimum atomic E-state index is -0.862. The van der Waals surface area contributed by atoms with E-state index in [0.717, 1.165) is 12.8 Å². The van der Waals surface area contributed by atoms with Gasteiger partial charge in [-0.2, -0.15) is 0 Å². The average molecular weight is 257 g/mol. The summed E-state index contributed by atoms with van der Waals surface area (Å²) >= 11 is 5.98. The summed E-state index contributed by atoms with van der Waals surface area (Å²) in [5.74, 6) is -1.11. The number of aliphatic carboxylic acids is 1. The largest absolute Gasteiger partial charge is 0.481 e. The van der Waals surface area contributed by atoms with Crippen molar-refractivity contribution in [2.45, 2.75) is 32.1 Å². The molecule has 0 aromatic heterocycles. The summed E-state index contributed by atoms with van der Waals surface area (Å²) in [6.45, 7) is 1.65. The maximum absolute atomic E-state index is 13.7. The molecule has 0 bridgehead atoms. The Hall–Kier alpha value is -1.09. The number of hydrogen-bond acceptors (Lipinski definition) is 1. The molecule has 92 valence electrons. The van der Waals surface area contributed by atoms with E-state index in [9.17, 15) is 9.18 Å². The zero-order valence-corrected chi connectivity index (χ0v) is 10.3. The molecule has 0 spiro atoms. The van der Waals surface area contributed by atoms with Gasteiger partial charge in [0.25, 0.3) is 0 Å². The Kier molecular flexibility index (Phi) is 3.38. The molecule has 0 amide bonds. The molecule has 0 heterocycles. The summed E-state index contributed by atoms with van der Waals surface area (Å²) in [5, 5.41) is 8.99. The SMILES string of the molecule is Cc1ccc(C(CC(=O)O)C2CC2)c(Cl)c1F. The molecular formula is C13H14ClFO2. The third kappa shape index (κ3) is 2.60. The summed E-state index contributed by atoms with van der Waals surface area (Å²) in [4.78, 5) is 10.8. The quantitative estimate of drug-likeness (QED) is 0.891. The number of carboxylic acids is 1. The number of aryl methyl sites for hydroxylation is 1. The van der Waals surface area contributed by atoms with Gasteiger partial charge in [-0.05, 0) is 42.7 Å². The molecule has 4 heteroatoms. The summed E-state index contributed by atoms with van der Waals surface area (Å²) in [7, 11) is 0. The second-order valence-corrected chi connectivity index (χ2v) is 5.02. The second-order valence-electron chi connectivity index (χ2n) is 4.64. The third-order valence-electron chi connectivity index (χ3n) is 3.29. The van der Waals surface area contributed by atoms with Crippen LogP contribution >= 0.6 is 11.6 Å². The molecule has 1 unspecified atom stereocenters. The van der Waals surface area contributed by atoms with E-state index in [1.54, 1.807) is 19.1 Å². The van der Waals surface area contributed by atoms with Crippen LogP contribution in [-0.4, -0.2) is 11.1 Å². The minimum absolute atomic E-state index is 0.0207.